The number of hydrogen-bond donors (Lipinski definition) is 2. The number of nitrogens with zero attached hydrogens (tertiary/aromatic N) is 2. The minimum Gasteiger partial charge on any atom is -0.390 e. The van der Waals surface area contributed by atoms with Crippen LogP contribution in [0.4, 0.5) is 0 Å². The van der Waals surface area contributed by atoms with Crippen molar-refractivity contribution in [2.45, 2.75) is 57.7 Å². The fraction of sp³-hybridized carbons (Fsp3) is 0.684. The molecule has 2 heterocycles. The number of carbonyl (C=O) groups excluding carboxylic acids is 1. The molecule has 1 aliphatic rings. The van der Waals surface area contributed by atoms with Gasteiger partial charge in [-0.3, -0.25) is 9.78 Å². The number of aliphatic hydroxyl groups is 2. The highest BCUT2D eigenvalue weighted by molar-refractivity contribution is 5.92. The van der Waals surface area contributed by atoms with Crippen molar-refractivity contribution >= 4 is 5.91 Å². The lowest BCUT2D eigenvalue weighted by Crippen LogP contribution is -2.38. The van der Waals surface area contributed by atoms with Gasteiger partial charge in [0.25, 0.3) is 5.91 Å². The molecule has 0 aliphatic carbocycles. The van der Waals surface area contributed by atoms with Crippen LogP contribution in [0.1, 0.15) is 54.6 Å². The summed E-state index contributed by atoms with van der Waals surface area (Å²) < 4.78 is 5.42. The fourth-order valence-electron chi connectivity index (χ4n) is 2.90. The van der Waals surface area contributed by atoms with E-state index in [1.165, 1.54) is 0 Å². The molecular formula is C19H30N2O4. The zero-order valence-electron chi connectivity index (χ0n) is 15.1. The number of amides is 1. The Morgan fingerprint density at radius 1 is 1.12 bits per heavy atom. The van der Waals surface area contributed by atoms with Crippen LogP contribution in [0.3, 0.4) is 0 Å². The molecule has 0 spiro atoms. The van der Waals surface area contributed by atoms with Gasteiger partial charge in [-0.2, -0.15) is 0 Å². The van der Waals surface area contributed by atoms with Crippen LogP contribution in [0.5, 0.6) is 0 Å². The molecule has 2 rings (SSSR count). The molecule has 0 saturated carbocycles. The lowest BCUT2D eigenvalue weighted by Gasteiger charge is -2.25. The average molecular weight is 350 g/mol. The predicted molar refractivity (Wildman–Crippen MR) is 95.4 cm³/mol. The minimum atomic E-state index is -0.919. The summed E-state index contributed by atoms with van der Waals surface area (Å²) in [5.41, 5.74) is 1.43. The van der Waals surface area contributed by atoms with E-state index in [2.05, 4.69) is 4.98 Å². The van der Waals surface area contributed by atoms with Gasteiger partial charge in [-0.05, 0) is 37.8 Å². The van der Waals surface area contributed by atoms with E-state index in [9.17, 15) is 15.0 Å². The first-order valence-corrected chi connectivity index (χ1v) is 9.23. The van der Waals surface area contributed by atoms with Gasteiger partial charge in [-0.1, -0.05) is 25.3 Å². The normalized spacial score (nSPS) is 24.5. The van der Waals surface area contributed by atoms with E-state index >= 15 is 0 Å². The highest BCUT2D eigenvalue weighted by atomic mass is 16.5. The molecule has 6 heteroatoms. The number of rotatable bonds is 1. The number of aryl methyl sites for hydroxylation is 1. The third-order valence-corrected chi connectivity index (χ3v) is 4.56. The molecule has 0 unspecified atom stereocenters. The largest absolute Gasteiger partial charge is 0.390 e. The molecule has 25 heavy (non-hydrogen) atoms. The van der Waals surface area contributed by atoms with Crippen LogP contribution in [0, 0.1) is 6.92 Å². The number of hydrogen-bond acceptors (Lipinski definition) is 5. The molecule has 1 aromatic heterocycles. The van der Waals surface area contributed by atoms with E-state index < -0.39 is 12.2 Å². The molecule has 2 N–H and O–H groups in total. The Morgan fingerprint density at radius 2 is 1.88 bits per heavy atom. The molecular weight excluding hydrogens is 320 g/mol. The summed E-state index contributed by atoms with van der Waals surface area (Å²) in [6.45, 7) is 3.73. The van der Waals surface area contributed by atoms with Crippen molar-refractivity contribution in [1.29, 1.82) is 0 Å². The van der Waals surface area contributed by atoms with Crippen LogP contribution in [-0.2, 0) is 4.74 Å². The molecule has 0 aromatic carbocycles. The summed E-state index contributed by atoms with van der Waals surface area (Å²) in [4.78, 5) is 18.7. The second kappa shape index (κ2) is 10.5. The summed E-state index contributed by atoms with van der Waals surface area (Å²) >= 11 is 0. The van der Waals surface area contributed by atoms with Gasteiger partial charge in [0, 0.05) is 25.9 Å². The first-order chi connectivity index (χ1) is 12.1. The molecule has 6 nitrogen and oxygen atoms in total. The van der Waals surface area contributed by atoms with E-state index in [1.54, 1.807) is 17.2 Å². The number of aromatic nitrogens is 1. The molecule has 0 radical (unpaired) electrons. The lowest BCUT2D eigenvalue weighted by atomic mass is 10.1. The number of ether oxygens (including phenoxy) is 1. The highest BCUT2D eigenvalue weighted by Gasteiger charge is 2.21. The molecule has 1 amide bonds. The number of pyridine rings is 1. The maximum absolute atomic E-state index is 12.7. The summed E-state index contributed by atoms with van der Waals surface area (Å²) in [7, 11) is 0. The van der Waals surface area contributed by atoms with Crippen LogP contribution in [0.25, 0.3) is 0 Å². The van der Waals surface area contributed by atoms with Crippen molar-refractivity contribution in [3.63, 3.8) is 0 Å². The zero-order chi connectivity index (χ0) is 18.1. The zero-order valence-corrected chi connectivity index (χ0v) is 15.1. The quantitative estimate of drug-likeness (QED) is 0.809. The molecule has 1 aliphatic heterocycles. The second-order valence-electron chi connectivity index (χ2n) is 6.78. The van der Waals surface area contributed by atoms with Gasteiger partial charge in [0.15, 0.2) is 0 Å². The second-order valence-corrected chi connectivity index (χ2v) is 6.78. The summed E-state index contributed by atoms with van der Waals surface area (Å²) in [6, 6.07) is 3.61. The predicted octanol–water partition coefficient (Wildman–Crippen LogP) is 1.92. The van der Waals surface area contributed by atoms with Gasteiger partial charge < -0.3 is 19.8 Å². The first kappa shape index (κ1) is 19.8. The van der Waals surface area contributed by atoms with E-state index in [1.807, 2.05) is 13.0 Å². The van der Waals surface area contributed by atoms with Gasteiger partial charge in [0.1, 0.15) is 11.8 Å². The third kappa shape index (κ3) is 6.72. The van der Waals surface area contributed by atoms with Crippen molar-refractivity contribution in [1.82, 2.24) is 9.88 Å². The van der Waals surface area contributed by atoms with E-state index in [0.717, 1.165) is 37.7 Å². The van der Waals surface area contributed by atoms with E-state index in [-0.39, 0.29) is 12.5 Å². The molecule has 0 bridgehead atoms. The smallest absolute Gasteiger partial charge is 0.272 e. The topological polar surface area (TPSA) is 82.9 Å². The maximum Gasteiger partial charge on any atom is 0.272 e. The molecule has 140 valence electrons. The molecule has 1 saturated heterocycles. The Hall–Kier alpha value is -1.50. The number of aliphatic hydroxyl groups excluding tert-OH is 2. The Kier molecular flexibility index (Phi) is 8.31. The van der Waals surface area contributed by atoms with Crippen LogP contribution in [0.15, 0.2) is 18.3 Å². The first-order valence-electron chi connectivity index (χ1n) is 9.23. The third-order valence-electron chi connectivity index (χ3n) is 4.56. The van der Waals surface area contributed by atoms with Gasteiger partial charge in [-0.15, -0.1) is 0 Å². The van der Waals surface area contributed by atoms with Gasteiger partial charge in [0.2, 0.25) is 0 Å². The van der Waals surface area contributed by atoms with Crippen molar-refractivity contribution < 1.29 is 19.7 Å². The van der Waals surface area contributed by atoms with Crippen molar-refractivity contribution in [2.24, 2.45) is 0 Å². The molecule has 2 atom stereocenters. The van der Waals surface area contributed by atoms with Gasteiger partial charge in [0.05, 0.1) is 12.7 Å². The SMILES string of the molecule is Cc1ccc(C(=O)N2CCCCCCCOC[C@@H](O)[C@@H](O)CC2)nc1. The van der Waals surface area contributed by atoms with Crippen LogP contribution in [0.2, 0.25) is 0 Å². The lowest BCUT2D eigenvalue weighted by molar-refractivity contribution is -0.0434. The highest BCUT2D eigenvalue weighted by Crippen LogP contribution is 2.11. The van der Waals surface area contributed by atoms with Gasteiger partial charge in [-0.25, -0.2) is 0 Å². The fourth-order valence-corrected chi connectivity index (χ4v) is 2.90. The Balaban J connectivity index is 2.01. The minimum absolute atomic E-state index is 0.120. The summed E-state index contributed by atoms with van der Waals surface area (Å²) in [6.07, 6.45) is 5.33. The van der Waals surface area contributed by atoms with Gasteiger partial charge >= 0.3 is 0 Å². The van der Waals surface area contributed by atoms with Crippen molar-refractivity contribution in [3.05, 3.63) is 29.6 Å². The number of carbonyl (C=O) groups is 1. The van der Waals surface area contributed by atoms with E-state index in [4.69, 9.17) is 4.74 Å². The maximum atomic E-state index is 12.7. The summed E-state index contributed by atoms with van der Waals surface area (Å²) in [5, 5.41) is 20.1. The van der Waals surface area contributed by atoms with Crippen molar-refractivity contribution in [2.75, 3.05) is 26.3 Å². The van der Waals surface area contributed by atoms with Crippen LogP contribution >= 0.6 is 0 Å². The van der Waals surface area contributed by atoms with Crippen LogP contribution < -0.4 is 0 Å². The Labute approximate surface area is 149 Å². The van der Waals surface area contributed by atoms with Crippen LogP contribution in [-0.4, -0.2) is 64.5 Å². The summed E-state index contributed by atoms with van der Waals surface area (Å²) in [5.74, 6) is -0.120. The molecule has 1 fully saturated rings. The monoisotopic (exact) mass is 350 g/mol. The standard InChI is InChI=1S/C19H30N2O4/c1-15-7-8-16(20-13-15)19(24)21-10-5-3-2-4-6-12-25-14-18(23)17(22)9-11-21/h7-8,13,17-18,22-23H,2-6,9-12,14H2,1H3/t17-,18+/m0/s1. The molecule has 1 aromatic rings. The van der Waals surface area contributed by atoms with E-state index in [0.29, 0.717) is 31.8 Å². The Morgan fingerprint density at radius 3 is 2.64 bits per heavy atom. The van der Waals surface area contributed by atoms with Crippen molar-refractivity contribution in [3.8, 4) is 0 Å². The Bertz CT molecular complexity index is 521. The average Bonchev–Trinajstić information content (AvgIpc) is 2.61.